The lowest BCUT2D eigenvalue weighted by atomic mass is 9.80. The minimum Gasteiger partial charge on any atom is -0.325 e. The van der Waals surface area contributed by atoms with E-state index in [0.717, 1.165) is 17.5 Å². The van der Waals surface area contributed by atoms with E-state index >= 15 is 0 Å². The molecule has 1 saturated heterocycles. The van der Waals surface area contributed by atoms with E-state index in [-0.39, 0.29) is 30.7 Å². The van der Waals surface area contributed by atoms with Gasteiger partial charge in [0, 0.05) is 25.8 Å². The predicted molar refractivity (Wildman–Crippen MR) is 142 cm³/mol. The first kappa shape index (κ1) is 26.2. The summed E-state index contributed by atoms with van der Waals surface area (Å²) < 4.78 is 0. The number of likely N-dealkylation sites (N-methyl/N-ethyl adjacent to an activating group) is 1. The zero-order valence-corrected chi connectivity index (χ0v) is 22.1. The number of rotatable bonds is 8. The van der Waals surface area contributed by atoms with Crippen LogP contribution in [0.3, 0.4) is 0 Å². The largest absolute Gasteiger partial charge is 0.325 e. The first-order chi connectivity index (χ1) is 18.7. The topological polar surface area (TPSA) is 137 Å². The van der Waals surface area contributed by atoms with Crippen molar-refractivity contribution in [3.8, 4) is 11.8 Å². The maximum Gasteiger partial charge on any atom is 0.296 e. The number of amides is 2. The third-order valence-corrected chi connectivity index (χ3v) is 7.75. The smallest absolute Gasteiger partial charge is 0.296 e. The quantitative estimate of drug-likeness (QED) is 0.441. The number of benzene rings is 2. The number of hydrogen-bond donors (Lipinski definition) is 1. The Labute approximate surface area is 226 Å². The number of nitriles is 1. The van der Waals surface area contributed by atoms with Crippen molar-refractivity contribution in [2.75, 3.05) is 25.5 Å². The van der Waals surface area contributed by atoms with Crippen LogP contribution in [0.5, 0.6) is 0 Å². The first-order valence-electron chi connectivity index (χ1n) is 12.9. The molecule has 11 nitrogen and oxygen atoms in total. The summed E-state index contributed by atoms with van der Waals surface area (Å²) in [4.78, 5) is 44.2. The molecule has 11 heteroatoms. The van der Waals surface area contributed by atoms with Crippen molar-refractivity contribution in [2.24, 2.45) is 5.92 Å². The van der Waals surface area contributed by atoms with Gasteiger partial charge in [-0.2, -0.15) is 5.26 Å². The number of fused-ring (bicyclic) bond motifs is 2. The van der Waals surface area contributed by atoms with Crippen molar-refractivity contribution in [1.82, 2.24) is 30.0 Å². The summed E-state index contributed by atoms with van der Waals surface area (Å²) in [6, 6.07) is 18.3. The summed E-state index contributed by atoms with van der Waals surface area (Å²) in [6.07, 6.45) is 1.41. The summed E-state index contributed by atoms with van der Waals surface area (Å²) in [5.41, 5.74) is 0.0454. The molecule has 3 heterocycles. The third kappa shape index (κ3) is 4.46. The summed E-state index contributed by atoms with van der Waals surface area (Å²) in [5.74, 6) is -0.810. The van der Waals surface area contributed by atoms with Crippen molar-refractivity contribution < 1.29 is 14.4 Å². The Morgan fingerprint density at radius 2 is 1.97 bits per heavy atom. The molecule has 2 aliphatic heterocycles. The van der Waals surface area contributed by atoms with Crippen LogP contribution in [0.15, 0.2) is 54.6 Å². The van der Waals surface area contributed by atoms with Crippen LogP contribution in [0.2, 0.25) is 0 Å². The number of anilines is 1. The van der Waals surface area contributed by atoms with Crippen LogP contribution in [0.25, 0.3) is 5.69 Å². The number of nitrogens with one attached hydrogen (secondary N) is 1. The van der Waals surface area contributed by atoms with Gasteiger partial charge < -0.3 is 15.0 Å². The first-order valence-corrected chi connectivity index (χ1v) is 12.9. The van der Waals surface area contributed by atoms with Crippen LogP contribution in [0.4, 0.5) is 5.69 Å². The van der Waals surface area contributed by atoms with Crippen molar-refractivity contribution in [1.29, 1.82) is 5.26 Å². The van der Waals surface area contributed by atoms with Gasteiger partial charge in [-0.25, -0.2) is 0 Å². The Hall–Kier alpha value is -4.43. The van der Waals surface area contributed by atoms with Crippen LogP contribution in [0.1, 0.15) is 42.9 Å². The second kappa shape index (κ2) is 10.0. The summed E-state index contributed by atoms with van der Waals surface area (Å²) in [7, 11) is 1.55. The van der Waals surface area contributed by atoms with Crippen molar-refractivity contribution in [2.45, 2.75) is 43.7 Å². The molecule has 1 spiro atoms. The SMILES string of the molecule is CC(C)C[C@](C=O)(CN1C[C@]2(C[C@H]1C#N)C(=O)Nc1ccccc12)N(C)C(=O)c1nnn(-c2ccccc2)n1. The van der Waals surface area contributed by atoms with Gasteiger partial charge in [-0.15, -0.1) is 15.0 Å². The molecular weight excluding hydrogens is 496 g/mol. The Morgan fingerprint density at radius 3 is 2.67 bits per heavy atom. The highest BCUT2D eigenvalue weighted by molar-refractivity contribution is 6.06. The van der Waals surface area contributed by atoms with Crippen molar-refractivity contribution in [3.63, 3.8) is 0 Å². The molecule has 3 atom stereocenters. The van der Waals surface area contributed by atoms with Gasteiger partial charge in [0.05, 0.1) is 23.2 Å². The van der Waals surface area contributed by atoms with Crippen LogP contribution in [-0.2, 0) is 15.0 Å². The fraction of sp³-hybridized carbons (Fsp3) is 0.393. The zero-order chi connectivity index (χ0) is 27.8. The minimum atomic E-state index is -1.29. The number of carbonyl (C=O) groups is 3. The summed E-state index contributed by atoms with van der Waals surface area (Å²) in [5, 5.41) is 25.2. The van der Waals surface area contributed by atoms with E-state index in [4.69, 9.17) is 0 Å². The lowest BCUT2D eigenvalue weighted by molar-refractivity contribution is -0.120. The third-order valence-electron chi connectivity index (χ3n) is 7.75. The molecule has 0 bridgehead atoms. The number of para-hydroxylation sites is 2. The van der Waals surface area contributed by atoms with Gasteiger partial charge in [0.15, 0.2) is 0 Å². The molecular formula is C28H30N8O3. The highest BCUT2D eigenvalue weighted by Gasteiger charge is 2.56. The lowest BCUT2D eigenvalue weighted by Crippen LogP contribution is -2.59. The van der Waals surface area contributed by atoms with E-state index in [1.54, 1.807) is 19.2 Å². The summed E-state index contributed by atoms with van der Waals surface area (Å²) in [6.45, 7) is 4.27. The minimum absolute atomic E-state index is 0.0472. The fourth-order valence-corrected chi connectivity index (χ4v) is 5.86. The molecule has 2 amide bonds. The molecule has 5 rings (SSSR count). The van der Waals surface area contributed by atoms with Gasteiger partial charge in [-0.3, -0.25) is 14.5 Å². The standard InChI is InChI=1S/C28H30N8O3/c1-19(2)13-27(18-37,34(3)25(38)24-31-33-36(32-24)20-9-5-4-6-10-20)16-35-17-28(14-21(35)15-29)22-11-7-8-12-23(22)30-26(28)39/h4-12,18-19,21H,13-14,16-17H2,1-3H3,(H,30,39)/t21-,27+,28-/m0/s1. The Kier molecular flexibility index (Phi) is 6.74. The number of hydrogen-bond acceptors (Lipinski definition) is 8. The molecule has 0 radical (unpaired) electrons. The average molecular weight is 527 g/mol. The molecule has 39 heavy (non-hydrogen) atoms. The molecule has 0 unspecified atom stereocenters. The molecule has 0 aliphatic carbocycles. The van der Waals surface area contributed by atoms with E-state index in [2.05, 4.69) is 26.8 Å². The Morgan fingerprint density at radius 1 is 1.26 bits per heavy atom. The van der Waals surface area contributed by atoms with E-state index in [9.17, 15) is 19.6 Å². The van der Waals surface area contributed by atoms with Gasteiger partial charge >= 0.3 is 0 Å². The van der Waals surface area contributed by atoms with Gasteiger partial charge in [0.1, 0.15) is 11.8 Å². The van der Waals surface area contributed by atoms with Crippen LogP contribution in [0, 0.1) is 17.2 Å². The molecule has 0 saturated carbocycles. The number of aldehydes is 1. The molecule has 2 aliphatic rings. The molecule has 1 fully saturated rings. The molecule has 1 N–H and O–H groups in total. The fourth-order valence-electron chi connectivity index (χ4n) is 5.86. The Balaban J connectivity index is 1.45. The number of carbonyl (C=O) groups excluding carboxylic acids is 3. The van der Waals surface area contributed by atoms with Gasteiger partial charge in [-0.05, 0) is 47.7 Å². The maximum atomic E-state index is 13.6. The van der Waals surface area contributed by atoms with Crippen LogP contribution in [-0.4, -0.2) is 79.8 Å². The normalized spacial score (nSPS) is 21.8. The number of likely N-dealkylation sites (tertiary alicyclic amines) is 1. The molecule has 2 aromatic carbocycles. The maximum absolute atomic E-state index is 13.6. The van der Waals surface area contributed by atoms with Crippen LogP contribution < -0.4 is 5.32 Å². The number of tetrazole rings is 1. The van der Waals surface area contributed by atoms with E-state index < -0.39 is 22.9 Å². The van der Waals surface area contributed by atoms with Gasteiger partial charge in [0.2, 0.25) is 5.91 Å². The summed E-state index contributed by atoms with van der Waals surface area (Å²) >= 11 is 0. The van der Waals surface area contributed by atoms with E-state index in [1.807, 2.05) is 61.2 Å². The molecule has 200 valence electrons. The molecule has 3 aromatic rings. The lowest BCUT2D eigenvalue weighted by Gasteiger charge is -2.41. The second-order valence-corrected chi connectivity index (χ2v) is 10.8. The highest BCUT2D eigenvalue weighted by atomic mass is 16.2. The number of aromatic nitrogens is 4. The highest BCUT2D eigenvalue weighted by Crippen LogP contribution is 2.46. The average Bonchev–Trinajstić information content (AvgIpc) is 3.64. The Bertz CT molecular complexity index is 1450. The van der Waals surface area contributed by atoms with E-state index in [1.165, 1.54) is 9.70 Å². The van der Waals surface area contributed by atoms with Gasteiger partial charge in [-0.1, -0.05) is 50.2 Å². The van der Waals surface area contributed by atoms with Crippen LogP contribution >= 0.6 is 0 Å². The van der Waals surface area contributed by atoms with Gasteiger partial charge in [0.25, 0.3) is 11.7 Å². The van der Waals surface area contributed by atoms with E-state index in [0.29, 0.717) is 18.5 Å². The second-order valence-electron chi connectivity index (χ2n) is 10.8. The zero-order valence-electron chi connectivity index (χ0n) is 22.1. The molecule has 1 aromatic heterocycles. The number of nitrogens with zero attached hydrogens (tertiary/aromatic N) is 7. The predicted octanol–water partition coefficient (Wildman–Crippen LogP) is 2.21. The monoisotopic (exact) mass is 526 g/mol. The van der Waals surface area contributed by atoms with Crippen molar-refractivity contribution in [3.05, 3.63) is 66.0 Å². The van der Waals surface area contributed by atoms with Crippen molar-refractivity contribution >= 4 is 23.8 Å².